The van der Waals surface area contributed by atoms with E-state index in [9.17, 15) is 31.2 Å². The zero-order valence-electron chi connectivity index (χ0n) is 11.1. The summed E-state index contributed by atoms with van der Waals surface area (Å²) in [6, 6.07) is -1.26. The average Bonchev–Trinajstić information content (AvgIpc) is 2.48. The van der Waals surface area contributed by atoms with Gasteiger partial charge in [-0.3, -0.25) is 4.79 Å². The summed E-state index contributed by atoms with van der Waals surface area (Å²) in [6.45, 7) is -1.47. The number of carboxylic acids is 1. The first-order chi connectivity index (χ1) is 9.32. The Morgan fingerprint density at radius 2 is 1.95 bits per heavy atom. The van der Waals surface area contributed by atoms with Crippen molar-refractivity contribution in [2.45, 2.75) is 25.1 Å². The predicted octanol–water partition coefficient (Wildman–Crippen LogP) is 0.222. The summed E-state index contributed by atoms with van der Waals surface area (Å²) in [4.78, 5) is 22.4. The Balaban J connectivity index is 2.79. The summed E-state index contributed by atoms with van der Waals surface area (Å²) >= 11 is 0. The highest BCUT2D eigenvalue weighted by molar-refractivity contribution is 7.91. The molecule has 11 heteroatoms. The molecular weight excluding hydrogens is 317 g/mol. The van der Waals surface area contributed by atoms with Crippen molar-refractivity contribution < 1.29 is 36.3 Å². The Hall–Kier alpha value is -1.52. The van der Waals surface area contributed by atoms with E-state index in [2.05, 4.69) is 5.32 Å². The zero-order valence-corrected chi connectivity index (χ0v) is 11.9. The van der Waals surface area contributed by atoms with Crippen LogP contribution in [0.5, 0.6) is 0 Å². The number of carbonyl (C=O) groups is 2. The van der Waals surface area contributed by atoms with Crippen LogP contribution < -0.4 is 5.32 Å². The highest BCUT2D eigenvalue weighted by Gasteiger charge is 2.42. The zero-order chi connectivity index (χ0) is 16.5. The molecule has 1 aliphatic heterocycles. The summed E-state index contributed by atoms with van der Waals surface area (Å²) in [5, 5.41) is 10.7. The summed E-state index contributed by atoms with van der Waals surface area (Å²) < 4.78 is 59.7. The van der Waals surface area contributed by atoms with Gasteiger partial charge in [0.05, 0.1) is 17.0 Å². The molecule has 1 heterocycles. The minimum Gasteiger partial charge on any atom is -0.480 e. The van der Waals surface area contributed by atoms with Gasteiger partial charge in [-0.25, -0.2) is 13.2 Å². The molecule has 1 atom stereocenters. The topological polar surface area (TPSA) is 104 Å². The standard InChI is InChI=1S/C10H15F3N2O5S/c1-9(2-3-21(19,20)6-9)14-8(18)15(4-7(16)17)5-10(11,12)13/h2-6H2,1H3,(H,14,18)(H,16,17). The fourth-order valence-electron chi connectivity index (χ4n) is 2.03. The monoisotopic (exact) mass is 332 g/mol. The molecule has 1 saturated heterocycles. The summed E-state index contributed by atoms with van der Waals surface area (Å²) in [5.74, 6) is -2.17. The Labute approximate surface area is 119 Å². The second-order valence-electron chi connectivity index (χ2n) is 5.20. The number of carbonyl (C=O) groups excluding carboxylic acids is 1. The van der Waals surface area contributed by atoms with E-state index >= 15 is 0 Å². The summed E-state index contributed by atoms with van der Waals surface area (Å²) in [6.07, 6.45) is -4.69. The number of carboxylic acid groups (broad SMARTS) is 1. The lowest BCUT2D eigenvalue weighted by molar-refractivity contribution is -0.149. The van der Waals surface area contributed by atoms with Crippen LogP contribution >= 0.6 is 0 Å². The minimum atomic E-state index is -4.75. The SMILES string of the molecule is CC1(NC(=O)N(CC(=O)O)CC(F)(F)F)CCS(=O)(=O)C1. The molecule has 2 N–H and O–H groups in total. The van der Waals surface area contributed by atoms with E-state index in [-0.39, 0.29) is 17.1 Å². The number of hydrogen-bond donors (Lipinski definition) is 2. The number of amides is 2. The van der Waals surface area contributed by atoms with Gasteiger partial charge in [0, 0.05) is 0 Å². The van der Waals surface area contributed by atoms with Gasteiger partial charge in [0.15, 0.2) is 9.84 Å². The lowest BCUT2D eigenvalue weighted by Gasteiger charge is -2.29. The molecule has 0 radical (unpaired) electrons. The number of sulfone groups is 1. The molecule has 7 nitrogen and oxygen atoms in total. The third kappa shape index (κ3) is 5.78. The molecule has 21 heavy (non-hydrogen) atoms. The summed E-state index contributed by atoms with van der Waals surface area (Å²) in [5.41, 5.74) is -1.20. The van der Waals surface area contributed by atoms with Gasteiger partial charge in [0.2, 0.25) is 0 Å². The number of aliphatic carboxylic acids is 1. The van der Waals surface area contributed by atoms with Crippen molar-refractivity contribution in [3.8, 4) is 0 Å². The Morgan fingerprint density at radius 1 is 1.38 bits per heavy atom. The number of nitrogens with zero attached hydrogens (tertiary/aromatic N) is 1. The fourth-order valence-corrected chi connectivity index (χ4v) is 4.12. The van der Waals surface area contributed by atoms with Crippen molar-refractivity contribution in [3.63, 3.8) is 0 Å². The van der Waals surface area contributed by atoms with Crippen LogP contribution in [0.25, 0.3) is 0 Å². The molecule has 0 aromatic heterocycles. The molecule has 2 amide bonds. The van der Waals surface area contributed by atoms with E-state index in [0.717, 1.165) is 0 Å². The number of urea groups is 1. The molecule has 0 aliphatic carbocycles. The third-order valence-electron chi connectivity index (χ3n) is 2.90. The first-order valence-corrected chi connectivity index (χ1v) is 7.70. The quantitative estimate of drug-likeness (QED) is 0.766. The van der Waals surface area contributed by atoms with Crippen LogP contribution in [0.2, 0.25) is 0 Å². The first kappa shape index (κ1) is 17.5. The number of alkyl halides is 3. The molecule has 1 unspecified atom stereocenters. The maximum atomic E-state index is 12.3. The largest absolute Gasteiger partial charge is 0.480 e. The van der Waals surface area contributed by atoms with E-state index in [1.54, 1.807) is 0 Å². The normalized spacial score (nSPS) is 24.6. The predicted molar refractivity (Wildman–Crippen MR) is 65.5 cm³/mol. The Kier molecular flexibility index (Phi) is 4.76. The van der Waals surface area contributed by atoms with Crippen molar-refractivity contribution in [2.75, 3.05) is 24.6 Å². The smallest absolute Gasteiger partial charge is 0.406 e. The van der Waals surface area contributed by atoms with E-state index in [4.69, 9.17) is 5.11 Å². The molecule has 0 bridgehead atoms. The Morgan fingerprint density at radius 3 is 2.33 bits per heavy atom. The summed E-state index contributed by atoms with van der Waals surface area (Å²) in [7, 11) is -3.36. The van der Waals surface area contributed by atoms with Crippen molar-refractivity contribution in [3.05, 3.63) is 0 Å². The molecule has 122 valence electrons. The van der Waals surface area contributed by atoms with Gasteiger partial charge in [0.1, 0.15) is 13.1 Å². The molecule has 0 saturated carbocycles. The fraction of sp³-hybridized carbons (Fsp3) is 0.800. The van der Waals surface area contributed by atoms with Gasteiger partial charge in [-0.1, -0.05) is 0 Å². The lowest BCUT2D eigenvalue weighted by atomic mass is 10.0. The number of halogens is 3. The van der Waals surface area contributed by atoms with Crippen LogP contribution in [0, 0.1) is 0 Å². The second kappa shape index (κ2) is 5.70. The van der Waals surface area contributed by atoms with E-state index in [0.29, 0.717) is 0 Å². The maximum Gasteiger partial charge on any atom is 0.406 e. The van der Waals surface area contributed by atoms with Crippen LogP contribution in [0.3, 0.4) is 0 Å². The van der Waals surface area contributed by atoms with Gasteiger partial charge in [-0.2, -0.15) is 13.2 Å². The van der Waals surface area contributed by atoms with Crippen molar-refractivity contribution in [2.24, 2.45) is 0 Å². The van der Waals surface area contributed by atoms with Gasteiger partial charge in [0.25, 0.3) is 0 Å². The van der Waals surface area contributed by atoms with Crippen molar-refractivity contribution in [1.82, 2.24) is 10.2 Å². The van der Waals surface area contributed by atoms with Crippen LogP contribution in [0.4, 0.5) is 18.0 Å². The van der Waals surface area contributed by atoms with Gasteiger partial charge < -0.3 is 15.3 Å². The molecule has 0 aromatic rings. The molecule has 1 rings (SSSR count). The van der Waals surface area contributed by atoms with Crippen molar-refractivity contribution >= 4 is 21.8 Å². The van der Waals surface area contributed by atoms with E-state index < -0.39 is 52.4 Å². The maximum absolute atomic E-state index is 12.3. The number of hydrogen-bond acceptors (Lipinski definition) is 4. The highest BCUT2D eigenvalue weighted by atomic mass is 32.2. The highest BCUT2D eigenvalue weighted by Crippen LogP contribution is 2.23. The van der Waals surface area contributed by atoms with E-state index in [1.807, 2.05) is 0 Å². The van der Waals surface area contributed by atoms with Crippen LogP contribution in [-0.2, 0) is 14.6 Å². The number of rotatable bonds is 4. The minimum absolute atomic E-state index is 0.0635. The second-order valence-corrected chi connectivity index (χ2v) is 7.38. The van der Waals surface area contributed by atoms with E-state index in [1.165, 1.54) is 6.92 Å². The molecule has 0 spiro atoms. The van der Waals surface area contributed by atoms with Crippen molar-refractivity contribution in [1.29, 1.82) is 0 Å². The average molecular weight is 332 g/mol. The van der Waals surface area contributed by atoms with Gasteiger partial charge in [-0.05, 0) is 13.3 Å². The van der Waals surface area contributed by atoms with Gasteiger partial charge >= 0.3 is 18.2 Å². The van der Waals surface area contributed by atoms with Crippen LogP contribution in [-0.4, -0.2) is 66.7 Å². The third-order valence-corrected chi connectivity index (χ3v) is 4.80. The van der Waals surface area contributed by atoms with Crippen LogP contribution in [0.1, 0.15) is 13.3 Å². The van der Waals surface area contributed by atoms with Gasteiger partial charge in [-0.15, -0.1) is 0 Å². The number of nitrogens with one attached hydrogen (secondary N) is 1. The lowest BCUT2D eigenvalue weighted by Crippen LogP contribution is -2.55. The first-order valence-electron chi connectivity index (χ1n) is 5.88. The van der Waals surface area contributed by atoms with Crippen LogP contribution in [0.15, 0.2) is 0 Å². The molecule has 1 fully saturated rings. The Bertz CT molecular complexity index is 533. The molecule has 1 aliphatic rings. The molecular formula is C10H15F3N2O5S. The molecule has 0 aromatic carbocycles.